The molecule has 0 aliphatic carbocycles. The zero-order valence-corrected chi connectivity index (χ0v) is 19.6. The lowest BCUT2D eigenvalue weighted by Gasteiger charge is -2.11. The lowest BCUT2D eigenvalue weighted by molar-refractivity contribution is 0.290. The normalized spacial score (nSPS) is 10.8. The number of hydrogen-bond donors (Lipinski definition) is 1. The second-order valence-corrected chi connectivity index (χ2v) is 8.11. The van der Waals surface area contributed by atoms with Crippen molar-refractivity contribution in [1.29, 1.82) is 0 Å². The van der Waals surface area contributed by atoms with Crippen LogP contribution in [0.4, 0.5) is 10.3 Å². The first-order chi connectivity index (χ1) is 17.8. The van der Waals surface area contributed by atoms with Gasteiger partial charge in [0, 0.05) is 18.3 Å². The Morgan fingerprint density at radius 2 is 1.61 bits per heavy atom. The van der Waals surface area contributed by atoms with Crippen molar-refractivity contribution in [2.75, 3.05) is 18.5 Å². The summed E-state index contributed by atoms with van der Waals surface area (Å²) in [6.07, 6.45) is 2.56. The summed E-state index contributed by atoms with van der Waals surface area (Å²) in [5.41, 5.74) is 3.98. The van der Waals surface area contributed by atoms with E-state index in [1.165, 1.54) is 17.7 Å². The number of ether oxygens (including phenoxy) is 1. The van der Waals surface area contributed by atoms with Crippen molar-refractivity contribution in [2.24, 2.45) is 0 Å². The Balaban J connectivity index is 1.39. The van der Waals surface area contributed by atoms with Crippen LogP contribution < -0.4 is 10.1 Å². The Hall–Kier alpha value is -4.59. The number of rotatable bonds is 10. The van der Waals surface area contributed by atoms with E-state index in [4.69, 9.17) is 9.72 Å². The van der Waals surface area contributed by atoms with Crippen molar-refractivity contribution in [3.8, 4) is 28.4 Å². The van der Waals surface area contributed by atoms with Crippen LogP contribution in [-0.4, -0.2) is 38.1 Å². The van der Waals surface area contributed by atoms with E-state index in [0.29, 0.717) is 42.7 Å². The van der Waals surface area contributed by atoms with Gasteiger partial charge in [-0.2, -0.15) is 0 Å². The molecule has 0 spiro atoms. The van der Waals surface area contributed by atoms with E-state index in [1.807, 2.05) is 54.6 Å². The maximum absolute atomic E-state index is 13.6. The first-order valence-corrected chi connectivity index (χ1v) is 11.7. The van der Waals surface area contributed by atoms with Gasteiger partial charge in [0.25, 0.3) is 0 Å². The molecule has 2 heterocycles. The monoisotopic (exact) mass is 480 g/mol. The van der Waals surface area contributed by atoms with Crippen LogP contribution in [0.3, 0.4) is 0 Å². The minimum atomic E-state index is -0.309. The van der Waals surface area contributed by atoms with Gasteiger partial charge in [-0.25, -0.2) is 19.0 Å². The highest BCUT2D eigenvalue weighted by Gasteiger charge is 2.19. The summed E-state index contributed by atoms with van der Waals surface area (Å²) in [7, 11) is 0. The molecular weight excluding hydrogens is 455 g/mol. The highest BCUT2D eigenvalue weighted by Crippen LogP contribution is 2.29. The van der Waals surface area contributed by atoms with Gasteiger partial charge in [0.05, 0.1) is 12.2 Å². The van der Waals surface area contributed by atoms with Gasteiger partial charge < -0.3 is 10.1 Å². The van der Waals surface area contributed by atoms with Crippen molar-refractivity contribution in [2.45, 2.75) is 13.0 Å². The largest absolute Gasteiger partial charge is 0.492 e. The standard InChI is InChI=1S/C28H25FN6O/c29-23-13-11-22(12-14-23)26-27(35(34-33-26)19-20-36-24-9-5-2-6-10-24)25-16-18-31-28(32-25)30-17-15-21-7-3-1-4-8-21/h1-14,16,18H,15,17,19-20H2,(H,30,31,32). The molecule has 1 N–H and O–H groups in total. The number of halogens is 1. The van der Waals surface area contributed by atoms with E-state index >= 15 is 0 Å². The fraction of sp³-hybridized carbons (Fsp3) is 0.143. The summed E-state index contributed by atoms with van der Waals surface area (Å²) in [6, 6.07) is 27.9. The number of nitrogens with zero attached hydrogens (tertiary/aromatic N) is 5. The molecule has 8 heteroatoms. The summed E-state index contributed by atoms with van der Waals surface area (Å²) in [5.74, 6) is 0.988. The third kappa shape index (κ3) is 5.72. The van der Waals surface area contributed by atoms with Crippen LogP contribution in [-0.2, 0) is 13.0 Å². The van der Waals surface area contributed by atoms with Gasteiger partial charge in [0.1, 0.15) is 29.6 Å². The van der Waals surface area contributed by atoms with Crippen LogP contribution in [0.15, 0.2) is 97.2 Å². The number of aromatic nitrogens is 5. The predicted octanol–water partition coefficient (Wildman–Crippen LogP) is 5.27. The molecule has 2 aromatic heterocycles. The first kappa shape index (κ1) is 23.2. The molecule has 0 bridgehead atoms. The Kier molecular flexibility index (Phi) is 7.22. The number of hydrogen-bond acceptors (Lipinski definition) is 6. The van der Waals surface area contributed by atoms with Gasteiger partial charge in [0.15, 0.2) is 0 Å². The third-order valence-corrected chi connectivity index (χ3v) is 5.61. The molecular formula is C28H25FN6O. The summed E-state index contributed by atoms with van der Waals surface area (Å²) < 4.78 is 21.2. The highest BCUT2D eigenvalue weighted by atomic mass is 19.1. The molecule has 0 saturated carbocycles. The number of nitrogens with one attached hydrogen (secondary N) is 1. The molecule has 7 nitrogen and oxygen atoms in total. The summed E-state index contributed by atoms with van der Waals surface area (Å²) in [5, 5.41) is 12.1. The van der Waals surface area contributed by atoms with Crippen LogP contribution in [0.1, 0.15) is 5.56 Å². The van der Waals surface area contributed by atoms with Crippen LogP contribution in [0.2, 0.25) is 0 Å². The maximum atomic E-state index is 13.6. The Morgan fingerprint density at radius 1 is 0.861 bits per heavy atom. The van der Waals surface area contributed by atoms with Gasteiger partial charge in [0.2, 0.25) is 5.95 Å². The van der Waals surface area contributed by atoms with E-state index in [9.17, 15) is 4.39 Å². The first-order valence-electron chi connectivity index (χ1n) is 11.7. The molecule has 0 aliphatic heterocycles. The average Bonchev–Trinajstić information content (AvgIpc) is 3.34. The van der Waals surface area contributed by atoms with Gasteiger partial charge >= 0.3 is 0 Å². The molecule has 0 saturated heterocycles. The molecule has 0 fully saturated rings. The van der Waals surface area contributed by atoms with Crippen molar-refractivity contribution in [1.82, 2.24) is 25.0 Å². The molecule has 180 valence electrons. The predicted molar refractivity (Wildman–Crippen MR) is 137 cm³/mol. The van der Waals surface area contributed by atoms with E-state index in [0.717, 1.165) is 17.7 Å². The van der Waals surface area contributed by atoms with Gasteiger partial charge in [-0.05, 0) is 54.4 Å². The molecule has 0 amide bonds. The molecule has 5 aromatic rings. The molecule has 0 aliphatic rings. The van der Waals surface area contributed by atoms with Crippen LogP contribution >= 0.6 is 0 Å². The SMILES string of the molecule is Fc1ccc(-c2nnn(CCOc3ccccc3)c2-c2ccnc(NCCc3ccccc3)n2)cc1. The van der Waals surface area contributed by atoms with E-state index < -0.39 is 0 Å². The molecule has 3 aromatic carbocycles. The van der Waals surface area contributed by atoms with Crippen LogP contribution in [0.25, 0.3) is 22.6 Å². The zero-order chi connectivity index (χ0) is 24.6. The summed E-state index contributed by atoms with van der Waals surface area (Å²) in [6.45, 7) is 1.55. The lowest BCUT2D eigenvalue weighted by Crippen LogP contribution is -2.12. The van der Waals surface area contributed by atoms with Crippen molar-refractivity contribution < 1.29 is 9.13 Å². The van der Waals surface area contributed by atoms with Crippen LogP contribution in [0, 0.1) is 5.82 Å². The molecule has 0 atom stereocenters. The minimum Gasteiger partial charge on any atom is -0.492 e. The third-order valence-electron chi connectivity index (χ3n) is 5.61. The lowest BCUT2D eigenvalue weighted by atomic mass is 10.1. The topological polar surface area (TPSA) is 77.8 Å². The Bertz CT molecular complexity index is 1390. The quantitative estimate of drug-likeness (QED) is 0.293. The fourth-order valence-electron chi connectivity index (χ4n) is 3.83. The van der Waals surface area contributed by atoms with Crippen molar-refractivity contribution in [3.63, 3.8) is 0 Å². The minimum absolute atomic E-state index is 0.309. The Morgan fingerprint density at radius 3 is 2.39 bits per heavy atom. The zero-order valence-electron chi connectivity index (χ0n) is 19.6. The second kappa shape index (κ2) is 11.2. The smallest absolute Gasteiger partial charge is 0.223 e. The number of para-hydroxylation sites is 1. The Labute approximate surface area is 208 Å². The van der Waals surface area contributed by atoms with E-state index in [1.54, 1.807) is 23.0 Å². The molecule has 5 rings (SSSR count). The number of anilines is 1. The van der Waals surface area contributed by atoms with Gasteiger partial charge in [-0.1, -0.05) is 53.7 Å². The van der Waals surface area contributed by atoms with Gasteiger partial charge in [-0.3, -0.25) is 0 Å². The highest BCUT2D eigenvalue weighted by molar-refractivity contribution is 5.76. The fourth-order valence-corrected chi connectivity index (χ4v) is 3.83. The van der Waals surface area contributed by atoms with Crippen molar-refractivity contribution >= 4 is 5.95 Å². The van der Waals surface area contributed by atoms with Crippen molar-refractivity contribution in [3.05, 3.63) is 109 Å². The molecule has 36 heavy (non-hydrogen) atoms. The second-order valence-electron chi connectivity index (χ2n) is 8.11. The van der Waals surface area contributed by atoms with Crippen LogP contribution in [0.5, 0.6) is 5.75 Å². The summed E-state index contributed by atoms with van der Waals surface area (Å²) >= 11 is 0. The molecule has 0 radical (unpaired) electrons. The van der Waals surface area contributed by atoms with E-state index in [2.05, 4.69) is 32.7 Å². The average molecular weight is 481 g/mol. The van der Waals surface area contributed by atoms with E-state index in [-0.39, 0.29) is 5.82 Å². The summed E-state index contributed by atoms with van der Waals surface area (Å²) in [4.78, 5) is 9.12. The van der Waals surface area contributed by atoms with Gasteiger partial charge in [-0.15, -0.1) is 5.10 Å². The maximum Gasteiger partial charge on any atom is 0.223 e. The number of benzene rings is 3. The molecule has 0 unspecified atom stereocenters.